The highest BCUT2D eigenvalue weighted by Crippen LogP contribution is 2.42. The first kappa shape index (κ1) is 17.4. The average Bonchev–Trinajstić information content (AvgIpc) is 3.38. The van der Waals surface area contributed by atoms with Crippen molar-refractivity contribution in [3.63, 3.8) is 0 Å². The standard InChI is InChI=1S/C17H25N5O.ClH/c23-15(21-9-13-3-4-13)17-5-1-6-18-10-14(17)11-22(12-17)16-19-7-2-8-20-16;/h2,7-8,13-14,18H,1,3-6,9-12H2,(H,21,23);1H/t14-,17-;/m0./s1. The molecule has 0 spiro atoms. The number of nitrogens with one attached hydrogen (secondary N) is 2. The summed E-state index contributed by atoms with van der Waals surface area (Å²) < 4.78 is 0. The number of halogens is 1. The van der Waals surface area contributed by atoms with Crippen LogP contribution in [0.2, 0.25) is 0 Å². The molecule has 132 valence electrons. The van der Waals surface area contributed by atoms with Gasteiger partial charge in [-0.15, -0.1) is 12.4 Å². The Morgan fingerprint density at radius 2 is 2.17 bits per heavy atom. The smallest absolute Gasteiger partial charge is 0.228 e. The van der Waals surface area contributed by atoms with Crippen molar-refractivity contribution in [1.82, 2.24) is 20.6 Å². The molecule has 1 aliphatic carbocycles. The van der Waals surface area contributed by atoms with E-state index in [1.54, 1.807) is 12.4 Å². The molecule has 0 aromatic carbocycles. The quantitative estimate of drug-likeness (QED) is 0.853. The molecule has 6 nitrogen and oxygen atoms in total. The number of hydrogen-bond acceptors (Lipinski definition) is 5. The van der Waals surface area contributed by atoms with E-state index in [4.69, 9.17) is 0 Å². The number of carbonyl (C=O) groups is 1. The third-order valence-corrected chi connectivity index (χ3v) is 5.60. The van der Waals surface area contributed by atoms with E-state index in [9.17, 15) is 4.79 Å². The zero-order chi connectivity index (χ0) is 15.7. The Hall–Kier alpha value is -1.40. The number of nitrogens with zero attached hydrogens (tertiary/aromatic N) is 3. The van der Waals surface area contributed by atoms with Gasteiger partial charge in [-0.3, -0.25) is 4.79 Å². The summed E-state index contributed by atoms with van der Waals surface area (Å²) in [5.41, 5.74) is -0.294. The Labute approximate surface area is 149 Å². The molecule has 1 aromatic heterocycles. The first-order chi connectivity index (χ1) is 11.3. The molecule has 7 heteroatoms. The van der Waals surface area contributed by atoms with Crippen molar-refractivity contribution in [3.8, 4) is 0 Å². The third-order valence-electron chi connectivity index (χ3n) is 5.60. The first-order valence-corrected chi connectivity index (χ1v) is 8.79. The van der Waals surface area contributed by atoms with Gasteiger partial charge in [-0.25, -0.2) is 9.97 Å². The number of aromatic nitrogens is 2. The molecule has 4 rings (SSSR count). The number of rotatable bonds is 4. The summed E-state index contributed by atoms with van der Waals surface area (Å²) in [6.45, 7) is 4.35. The molecule has 3 heterocycles. The van der Waals surface area contributed by atoms with Gasteiger partial charge in [0.2, 0.25) is 11.9 Å². The van der Waals surface area contributed by atoms with Gasteiger partial charge in [0.25, 0.3) is 0 Å². The van der Waals surface area contributed by atoms with Crippen LogP contribution in [0.1, 0.15) is 25.7 Å². The Balaban J connectivity index is 0.00000169. The fourth-order valence-corrected chi connectivity index (χ4v) is 4.04. The summed E-state index contributed by atoms with van der Waals surface area (Å²) in [4.78, 5) is 24.0. The highest BCUT2D eigenvalue weighted by molar-refractivity contribution is 5.85. The minimum absolute atomic E-state index is 0. The van der Waals surface area contributed by atoms with Gasteiger partial charge in [0.05, 0.1) is 5.41 Å². The van der Waals surface area contributed by atoms with Gasteiger partial charge in [-0.1, -0.05) is 0 Å². The highest BCUT2D eigenvalue weighted by Gasteiger charge is 2.52. The van der Waals surface area contributed by atoms with Crippen LogP contribution in [0.5, 0.6) is 0 Å². The second kappa shape index (κ2) is 7.23. The SMILES string of the molecule is Cl.O=C(NCC1CC1)[C@]12CCCNC[C@H]1CN(c1ncccn1)C2. The lowest BCUT2D eigenvalue weighted by molar-refractivity contribution is -0.132. The van der Waals surface area contributed by atoms with E-state index < -0.39 is 0 Å². The van der Waals surface area contributed by atoms with Crippen LogP contribution in [0.3, 0.4) is 0 Å². The Morgan fingerprint density at radius 1 is 1.38 bits per heavy atom. The van der Waals surface area contributed by atoms with E-state index in [0.717, 1.165) is 51.5 Å². The van der Waals surface area contributed by atoms with Gasteiger partial charge in [-0.2, -0.15) is 0 Å². The maximum atomic E-state index is 13.1. The van der Waals surface area contributed by atoms with Crippen LogP contribution in [0.4, 0.5) is 5.95 Å². The third kappa shape index (κ3) is 3.35. The normalized spacial score (nSPS) is 29.3. The molecule has 1 saturated carbocycles. The Morgan fingerprint density at radius 3 is 2.92 bits per heavy atom. The molecule has 1 amide bonds. The topological polar surface area (TPSA) is 70.2 Å². The van der Waals surface area contributed by atoms with E-state index in [2.05, 4.69) is 25.5 Å². The number of anilines is 1. The average molecular weight is 352 g/mol. The van der Waals surface area contributed by atoms with E-state index in [1.807, 2.05) is 6.07 Å². The van der Waals surface area contributed by atoms with Crippen LogP contribution in [-0.2, 0) is 4.79 Å². The maximum absolute atomic E-state index is 13.1. The molecular formula is C17H26ClN5O. The summed E-state index contributed by atoms with van der Waals surface area (Å²) in [6.07, 6.45) is 8.08. The van der Waals surface area contributed by atoms with Crippen LogP contribution >= 0.6 is 12.4 Å². The fourth-order valence-electron chi connectivity index (χ4n) is 4.04. The zero-order valence-electron chi connectivity index (χ0n) is 13.9. The van der Waals surface area contributed by atoms with E-state index in [1.165, 1.54) is 12.8 Å². The van der Waals surface area contributed by atoms with E-state index in [-0.39, 0.29) is 23.7 Å². The minimum atomic E-state index is -0.294. The molecule has 0 bridgehead atoms. The van der Waals surface area contributed by atoms with Gasteiger partial charge in [0.15, 0.2) is 0 Å². The van der Waals surface area contributed by atoms with Gasteiger partial charge < -0.3 is 15.5 Å². The van der Waals surface area contributed by atoms with Gasteiger partial charge >= 0.3 is 0 Å². The van der Waals surface area contributed by atoms with Gasteiger partial charge in [0, 0.05) is 44.5 Å². The highest BCUT2D eigenvalue weighted by atomic mass is 35.5. The predicted octanol–water partition coefficient (Wildman–Crippen LogP) is 1.23. The molecule has 2 aliphatic heterocycles. The van der Waals surface area contributed by atoms with Crippen molar-refractivity contribution in [2.24, 2.45) is 17.3 Å². The largest absolute Gasteiger partial charge is 0.355 e. The molecule has 3 aliphatic rings. The van der Waals surface area contributed by atoms with E-state index in [0.29, 0.717) is 11.8 Å². The first-order valence-electron chi connectivity index (χ1n) is 8.79. The summed E-state index contributed by atoms with van der Waals surface area (Å²) in [5.74, 6) is 2.03. The lowest BCUT2D eigenvalue weighted by Crippen LogP contribution is -2.48. The number of hydrogen-bond donors (Lipinski definition) is 2. The molecular weight excluding hydrogens is 326 g/mol. The second-order valence-electron chi connectivity index (χ2n) is 7.24. The summed E-state index contributed by atoms with van der Waals surface area (Å²) >= 11 is 0. The Bertz CT molecular complexity index is 567. The van der Waals surface area contributed by atoms with Crippen molar-refractivity contribution >= 4 is 24.3 Å². The summed E-state index contributed by atoms with van der Waals surface area (Å²) in [7, 11) is 0. The molecule has 1 aromatic rings. The van der Waals surface area contributed by atoms with Crippen molar-refractivity contribution < 1.29 is 4.79 Å². The van der Waals surface area contributed by atoms with Crippen molar-refractivity contribution in [2.45, 2.75) is 25.7 Å². The molecule has 0 radical (unpaired) electrons. The van der Waals surface area contributed by atoms with Crippen LogP contribution in [-0.4, -0.2) is 48.6 Å². The van der Waals surface area contributed by atoms with Gasteiger partial charge in [0.1, 0.15) is 0 Å². The van der Waals surface area contributed by atoms with Crippen molar-refractivity contribution in [2.75, 3.05) is 37.6 Å². The fraction of sp³-hybridized carbons (Fsp3) is 0.706. The second-order valence-corrected chi connectivity index (χ2v) is 7.24. The van der Waals surface area contributed by atoms with Crippen LogP contribution in [0, 0.1) is 17.3 Å². The maximum Gasteiger partial charge on any atom is 0.228 e. The lowest BCUT2D eigenvalue weighted by atomic mass is 9.74. The molecule has 2 N–H and O–H groups in total. The number of carbonyl (C=O) groups excluding carboxylic acids is 1. The van der Waals surface area contributed by atoms with Crippen molar-refractivity contribution in [1.29, 1.82) is 0 Å². The molecule has 24 heavy (non-hydrogen) atoms. The monoisotopic (exact) mass is 351 g/mol. The molecule has 0 unspecified atom stereocenters. The van der Waals surface area contributed by atoms with Crippen LogP contribution in [0.15, 0.2) is 18.5 Å². The summed E-state index contributed by atoms with van der Waals surface area (Å²) in [6, 6.07) is 1.83. The predicted molar refractivity (Wildman–Crippen MR) is 95.3 cm³/mol. The molecule has 3 fully saturated rings. The van der Waals surface area contributed by atoms with Crippen LogP contribution < -0.4 is 15.5 Å². The van der Waals surface area contributed by atoms with Crippen LogP contribution in [0.25, 0.3) is 0 Å². The van der Waals surface area contributed by atoms with Gasteiger partial charge in [-0.05, 0) is 44.2 Å². The minimum Gasteiger partial charge on any atom is -0.355 e. The Kier molecular flexibility index (Phi) is 5.25. The molecule has 2 saturated heterocycles. The zero-order valence-corrected chi connectivity index (χ0v) is 14.7. The van der Waals surface area contributed by atoms with E-state index >= 15 is 0 Å². The van der Waals surface area contributed by atoms with Crippen molar-refractivity contribution in [3.05, 3.63) is 18.5 Å². The number of amides is 1. The number of fused-ring (bicyclic) bond motifs is 1. The summed E-state index contributed by atoms with van der Waals surface area (Å²) in [5, 5.41) is 6.74. The lowest BCUT2D eigenvalue weighted by Gasteiger charge is -2.31. The molecule has 2 atom stereocenters.